The van der Waals surface area contributed by atoms with E-state index < -0.39 is 0 Å². The van der Waals surface area contributed by atoms with Crippen LogP contribution in [0.1, 0.15) is 6.42 Å². The molecule has 0 atom stereocenters. The Morgan fingerprint density at radius 3 is 3.06 bits per heavy atom. The van der Waals surface area contributed by atoms with Gasteiger partial charge in [-0.05, 0) is 23.6 Å². The molecule has 5 heteroatoms. The van der Waals surface area contributed by atoms with Crippen molar-refractivity contribution in [1.29, 1.82) is 0 Å². The number of nitrogens with one attached hydrogen (secondary N) is 1. The maximum Gasteiger partial charge on any atom is 0.307 e. The van der Waals surface area contributed by atoms with Crippen LogP contribution in [0.25, 0.3) is 10.8 Å². The third kappa shape index (κ3) is 2.68. The zero-order chi connectivity index (χ0) is 13.0. The fourth-order valence-electron chi connectivity index (χ4n) is 1.71. The third-order valence-electron chi connectivity index (χ3n) is 2.64. The van der Waals surface area contributed by atoms with Crippen molar-refractivity contribution in [3.05, 3.63) is 30.5 Å². The van der Waals surface area contributed by atoms with Crippen molar-refractivity contribution in [2.75, 3.05) is 24.7 Å². The Morgan fingerprint density at radius 2 is 2.28 bits per heavy atom. The number of ether oxygens (including phenoxy) is 1. The van der Waals surface area contributed by atoms with Gasteiger partial charge in [0.1, 0.15) is 5.82 Å². The minimum atomic E-state index is -0.248. The highest BCUT2D eigenvalue weighted by Crippen LogP contribution is 2.23. The Balaban J connectivity index is 2.17. The van der Waals surface area contributed by atoms with Gasteiger partial charge in [-0.25, -0.2) is 4.98 Å². The van der Waals surface area contributed by atoms with Gasteiger partial charge in [0.25, 0.3) is 0 Å². The molecular weight excluding hydrogens is 230 g/mol. The Morgan fingerprint density at radius 1 is 1.44 bits per heavy atom. The van der Waals surface area contributed by atoms with Gasteiger partial charge in [0.05, 0.1) is 13.5 Å². The number of nitrogen functional groups attached to an aromatic ring is 1. The molecule has 2 rings (SSSR count). The zero-order valence-electron chi connectivity index (χ0n) is 10.1. The second-order valence-electron chi connectivity index (χ2n) is 3.89. The molecule has 0 aliphatic heterocycles. The monoisotopic (exact) mass is 245 g/mol. The molecule has 0 bridgehead atoms. The number of benzene rings is 1. The first kappa shape index (κ1) is 12.2. The third-order valence-corrected chi connectivity index (χ3v) is 2.64. The van der Waals surface area contributed by atoms with E-state index >= 15 is 0 Å². The van der Waals surface area contributed by atoms with Crippen LogP contribution in [0.2, 0.25) is 0 Å². The van der Waals surface area contributed by atoms with E-state index in [1.807, 2.05) is 24.3 Å². The number of methoxy groups -OCH3 is 1. The molecule has 94 valence electrons. The number of carbonyl (C=O) groups excluding carboxylic acids is 1. The molecule has 1 aromatic heterocycles. The van der Waals surface area contributed by atoms with Gasteiger partial charge in [-0.1, -0.05) is 6.07 Å². The van der Waals surface area contributed by atoms with Crippen molar-refractivity contribution < 1.29 is 9.53 Å². The van der Waals surface area contributed by atoms with Crippen LogP contribution in [0.5, 0.6) is 0 Å². The zero-order valence-corrected chi connectivity index (χ0v) is 10.1. The summed E-state index contributed by atoms with van der Waals surface area (Å²) in [7, 11) is 1.37. The lowest BCUT2D eigenvalue weighted by molar-refractivity contribution is -0.140. The molecule has 2 aromatic rings. The summed E-state index contributed by atoms with van der Waals surface area (Å²) < 4.78 is 4.58. The van der Waals surface area contributed by atoms with Gasteiger partial charge in [0, 0.05) is 23.8 Å². The number of aromatic nitrogens is 1. The average Bonchev–Trinajstić information content (AvgIpc) is 2.39. The molecule has 0 fully saturated rings. The van der Waals surface area contributed by atoms with Crippen molar-refractivity contribution in [3.8, 4) is 0 Å². The molecule has 0 amide bonds. The van der Waals surface area contributed by atoms with Crippen LogP contribution < -0.4 is 11.1 Å². The Hall–Kier alpha value is -2.30. The number of hydrogen-bond donors (Lipinski definition) is 2. The first-order chi connectivity index (χ1) is 8.70. The number of fused-ring (bicyclic) bond motifs is 1. The van der Waals surface area contributed by atoms with E-state index in [0.717, 1.165) is 16.6 Å². The second-order valence-corrected chi connectivity index (χ2v) is 3.89. The first-order valence-corrected chi connectivity index (χ1v) is 5.65. The van der Waals surface area contributed by atoms with Gasteiger partial charge >= 0.3 is 5.97 Å². The summed E-state index contributed by atoms with van der Waals surface area (Å²) in [4.78, 5) is 15.3. The van der Waals surface area contributed by atoms with E-state index in [1.165, 1.54) is 7.11 Å². The van der Waals surface area contributed by atoms with Crippen LogP contribution in [0.15, 0.2) is 30.5 Å². The number of rotatable bonds is 4. The summed E-state index contributed by atoms with van der Waals surface area (Å²) in [5.41, 5.74) is 6.45. The fourth-order valence-corrected chi connectivity index (χ4v) is 1.71. The van der Waals surface area contributed by atoms with Crippen LogP contribution in [0.4, 0.5) is 11.5 Å². The van der Waals surface area contributed by atoms with Gasteiger partial charge in [0.2, 0.25) is 0 Å². The number of hydrogen-bond acceptors (Lipinski definition) is 5. The highest BCUT2D eigenvalue weighted by Gasteiger charge is 2.04. The number of esters is 1. The van der Waals surface area contributed by atoms with Crippen molar-refractivity contribution in [2.24, 2.45) is 0 Å². The number of pyridine rings is 1. The fraction of sp³-hybridized carbons (Fsp3) is 0.231. The molecule has 0 spiro atoms. The average molecular weight is 245 g/mol. The molecule has 0 saturated heterocycles. The first-order valence-electron chi connectivity index (χ1n) is 5.65. The minimum absolute atomic E-state index is 0.248. The van der Waals surface area contributed by atoms with Crippen LogP contribution in [0.3, 0.4) is 0 Å². The summed E-state index contributed by atoms with van der Waals surface area (Å²) in [5, 5.41) is 5.11. The topological polar surface area (TPSA) is 77.2 Å². The summed E-state index contributed by atoms with van der Waals surface area (Å²) in [6.45, 7) is 0.480. The number of anilines is 2. The second kappa shape index (κ2) is 5.35. The maximum atomic E-state index is 11.0. The number of carbonyl (C=O) groups is 1. The molecule has 0 aliphatic carbocycles. The Labute approximate surface area is 105 Å². The lowest BCUT2D eigenvalue weighted by atomic mass is 10.1. The molecule has 0 aliphatic rings. The number of nitrogens with two attached hydrogens (primary N) is 1. The predicted molar refractivity (Wildman–Crippen MR) is 71.3 cm³/mol. The molecule has 0 saturated carbocycles. The van der Waals surface area contributed by atoms with E-state index in [0.29, 0.717) is 18.7 Å². The van der Waals surface area contributed by atoms with E-state index in [-0.39, 0.29) is 5.97 Å². The molecular formula is C13H15N3O2. The van der Waals surface area contributed by atoms with Crippen molar-refractivity contribution in [3.63, 3.8) is 0 Å². The summed E-state index contributed by atoms with van der Waals surface area (Å²) >= 11 is 0. The largest absolute Gasteiger partial charge is 0.469 e. The van der Waals surface area contributed by atoms with Crippen molar-refractivity contribution in [2.45, 2.75) is 6.42 Å². The van der Waals surface area contributed by atoms with E-state index in [2.05, 4.69) is 15.0 Å². The Bertz CT molecular complexity index is 569. The van der Waals surface area contributed by atoms with Crippen molar-refractivity contribution in [1.82, 2.24) is 4.98 Å². The lowest BCUT2D eigenvalue weighted by Gasteiger charge is -2.08. The van der Waals surface area contributed by atoms with Gasteiger partial charge in [-0.3, -0.25) is 4.79 Å². The minimum Gasteiger partial charge on any atom is -0.469 e. The summed E-state index contributed by atoms with van der Waals surface area (Å²) in [6, 6.07) is 7.57. The Kier molecular flexibility index (Phi) is 3.62. The lowest BCUT2D eigenvalue weighted by Crippen LogP contribution is -2.10. The molecule has 0 radical (unpaired) electrons. The van der Waals surface area contributed by atoms with Crippen LogP contribution in [-0.2, 0) is 9.53 Å². The summed E-state index contributed by atoms with van der Waals surface area (Å²) in [6.07, 6.45) is 2.02. The predicted octanol–water partition coefficient (Wildman–Crippen LogP) is 1.79. The molecule has 0 unspecified atom stereocenters. The number of nitrogens with zero attached hydrogens (tertiary/aromatic N) is 1. The van der Waals surface area contributed by atoms with Crippen LogP contribution in [-0.4, -0.2) is 24.6 Å². The van der Waals surface area contributed by atoms with E-state index in [1.54, 1.807) is 6.20 Å². The van der Waals surface area contributed by atoms with E-state index in [9.17, 15) is 4.79 Å². The molecule has 5 nitrogen and oxygen atoms in total. The van der Waals surface area contributed by atoms with Crippen LogP contribution in [0, 0.1) is 0 Å². The standard InChI is InChI=1S/C13H15N3O2/c1-18-12(17)5-7-16-13-11-8-10(14)3-2-9(11)4-6-15-13/h2-4,6,8H,5,7,14H2,1H3,(H,15,16). The van der Waals surface area contributed by atoms with Gasteiger partial charge in [-0.2, -0.15) is 0 Å². The van der Waals surface area contributed by atoms with Crippen molar-refractivity contribution >= 4 is 28.2 Å². The molecule has 3 N–H and O–H groups in total. The summed E-state index contributed by atoms with van der Waals surface area (Å²) in [5.74, 6) is 0.478. The SMILES string of the molecule is COC(=O)CCNc1nccc2ccc(N)cc12. The maximum absolute atomic E-state index is 11.0. The molecule has 1 heterocycles. The van der Waals surface area contributed by atoms with Crippen LogP contribution >= 0.6 is 0 Å². The smallest absolute Gasteiger partial charge is 0.307 e. The van der Waals surface area contributed by atoms with Gasteiger partial charge in [0.15, 0.2) is 0 Å². The molecule has 1 aromatic carbocycles. The van der Waals surface area contributed by atoms with E-state index in [4.69, 9.17) is 5.73 Å². The highest BCUT2D eigenvalue weighted by atomic mass is 16.5. The normalized spacial score (nSPS) is 10.3. The quantitative estimate of drug-likeness (QED) is 0.634. The van der Waals surface area contributed by atoms with Gasteiger partial charge in [-0.15, -0.1) is 0 Å². The molecule has 18 heavy (non-hydrogen) atoms. The van der Waals surface area contributed by atoms with Gasteiger partial charge < -0.3 is 15.8 Å². The highest BCUT2D eigenvalue weighted by molar-refractivity contribution is 5.93.